The third kappa shape index (κ3) is 3.78. The molecule has 2 rings (SSSR count). The summed E-state index contributed by atoms with van der Waals surface area (Å²) in [6.45, 7) is 0.368. The summed E-state index contributed by atoms with van der Waals surface area (Å²) in [6, 6.07) is 11.4. The van der Waals surface area contributed by atoms with Crippen LogP contribution in [0.2, 0.25) is 0 Å². The molecule has 0 aromatic heterocycles. The molecule has 3 nitrogen and oxygen atoms in total. The van der Waals surface area contributed by atoms with Crippen molar-refractivity contribution in [2.24, 2.45) is 0 Å². The van der Waals surface area contributed by atoms with Crippen molar-refractivity contribution in [3.8, 4) is 5.75 Å². The molecule has 1 amide bonds. The van der Waals surface area contributed by atoms with Gasteiger partial charge >= 0.3 is 0 Å². The summed E-state index contributed by atoms with van der Waals surface area (Å²) in [4.78, 5) is 11.7. The standard InChI is InChI=1S/C15H13F2NO2/c16-11-4-3-5-12(10-11)20-9-8-18-15(19)13-6-1-2-7-14(13)17/h1-7,10H,8-9H2,(H,18,19). The first-order chi connectivity index (χ1) is 9.66. The number of halogens is 2. The lowest BCUT2D eigenvalue weighted by molar-refractivity contribution is 0.0943. The first kappa shape index (κ1) is 14.0. The lowest BCUT2D eigenvalue weighted by Crippen LogP contribution is -2.28. The van der Waals surface area contributed by atoms with E-state index in [1.165, 1.54) is 36.4 Å². The van der Waals surface area contributed by atoms with Gasteiger partial charge in [-0.1, -0.05) is 18.2 Å². The van der Waals surface area contributed by atoms with E-state index in [0.717, 1.165) is 0 Å². The van der Waals surface area contributed by atoms with Gasteiger partial charge in [-0.3, -0.25) is 4.79 Å². The van der Waals surface area contributed by atoms with Crippen LogP contribution in [0, 0.1) is 11.6 Å². The van der Waals surface area contributed by atoms with E-state index in [9.17, 15) is 13.6 Å². The minimum absolute atomic E-state index is 0.0155. The van der Waals surface area contributed by atoms with Crippen LogP contribution in [-0.4, -0.2) is 19.1 Å². The maximum absolute atomic E-state index is 13.3. The molecule has 0 bridgehead atoms. The molecule has 0 saturated carbocycles. The molecule has 0 radical (unpaired) electrons. The molecule has 2 aromatic carbocycles. The number of ether oxygens (including phenoxy) is 1. The smallest absolute Gasteiger partial charge is 0.254 e. The molecule has 0 aliphatic rings. The fraction of sp³-hybridized carbons (Fsp3) is 0.133. The highest BCUT2D eigenvalue weighted by atomic mass is 19.1. The van der Waals surface area contributed by atoms with Gasteiger partial charge in [0.2, 0.25) is 0 Å². The molecular formula is C15H13F2NO2. The van der Waals surface area contributed by atoms with Gasteiger partial charge in [0, 0.05) is 6.07 Å². The summed E-state index contributed by atoms with van der Waals surface area (Å²) in [5.41, 5.74) is -0.0155. The predicted molar refractivity (Wildman–Crippen MR) is 70.6 cm³/mol. The Kier molecular flexibility index (Phi) is 4.65. The highest BCUT2D eigenvalue weighted by Crippen LogP contribution is 2.11. The molecular weight excluding hydrogens is 264 g/mol. The Morgan fingerprint density at radius 3 is 2.65 bits per heavy atom. The summed E-state index contributed by atoms with van der Waals surface area (Å²) in [6.07, 6.45) is 0. The lowest BCUT2D eigenvalue weighted by atomic mass is 10.2. The maximum atomic E-state index is 13.3. The van der Waals surface area contributed by atoms with E-state index in [-0.39, 0.29) is 18.7 Å². The van der Waals surface area contributed by atoms with Gasteiger partial charge in [0.1, 0.15) is 24.0 Å². The second kappa shape index (κ2) is 6.65. The van der Waals surface area contributed by atoms with E-state index in [0.29, 0.717) is 5.75 Å². The summed E-state index contributed by atoms with van der Waals surface area (Å²) >= 11 is 0. The molecule has 1 N–H and O–H groups in total. The van der Waals surface area contributed by atoms with Crippen LogP contribution in [0.1, 0.15) is 10.4 Å². The number of hydrogen-bond acceptors (Lipinski definition) is 2. The largest absolute Gasteiger partial charge is 0.492 e. The van der Waals surface area contributed by atoms with Crippen LogP contribution < -0.4 is 10.1 Å². The molecule has 5 heteroatoms. The fourth-order valence-electron chi connectivity index (χ4n) is 1.63. The summed E-state index contributed by atoms with van der Waals surface area (Å²) in [5, 5.41) is 2.53. The Bertz CT molecular complexity index is 602. The Morgan fingerprint density at radius 2 is 1.90 bits per heavy atom. The number of carbonyl (C=O) groups excluding carboxylic acids is 1. The van der Waals surface area contributed by atoms with Crippen molar-refractivity contribution in [2.75, 3.05) is 13.2 Å². The maximum Gasteiger partial charge on any atom is 0.254 e. The van der Waals surface area contributed by atoms with E-state index >= 15 is 0 Å². The van der Waals surface area contributed by atoms with Crippen LogP contribution >= 0.6 is 0 Å². The van der Waals surface area contributed by atoms with Crippen molar-refractivity contribution in [3.63, 3.8) is 0 Å². The van der Waals surface area contributed by atoms with Gasteiger partial charge in [0.25, 0.3) is 5.91 Å². The van der Waals surface area contributed by atoms with Crippen molar-refractivity contribution in [3.05, 3.63) is 65.7 Å². The normalized spacial score (nSPS) is 10.1. The lowest BCUT2D eigenvalue weighted by Gasteiger charge is -2.08. The molecule has 0 atom stereocenters. The predicted octanol–water partition coefficient (Wildman–Crippen LogP) is 2.77. The highest BCUT2D eigenvalue weighted by Gasteiger charge is 2.09. The molecule has 0 fully saturated rings. The zero-order valence-corrected chi connectivity index (χ0v) is 10.6. The molecule has 2 aromatic rings. The quantitative estimate of drug-likeness (QED) is 0.853. The summed E-state index contributed by atoms with van der Waals surface area (Å²) < 4.78 is 31.5. The topological polar surface area (TPSA) is 38.3 Å². The average Bonchev–Trinajstić information content (AvgIpc) is 2.44. The van der Waals surface area contributed by atoms with Crippen molar-refractivity contribution < 1.29 is 18.3 Å². The van der Waals surface area contributed by atoms with E-state index < -0.39 is 17.5 Å². The zero-order valence-electron chi connectivity index (χ0n) is 10.6. The van der Waals surface area contributed by atoms with Crippen molar-refractivity contribution in [1.82, 2.24) is 5.32 Å². The van der Waals surface area contributed by atoms with Crippen LogP contribution in [0.3, 0.4) is 0 Å². The molecule has 20 heavy (non-hydrogen) atoms. The van der Waals surface area contributed by atoms with Crippen molar-refractivity contribution in [2.45, 2.75) is 0 Å². The molecule has 0 unspecified atom stereocenters. The third-order valence-corrected chi connectivity index (χ3v) is 2.57. The summed E-state index contributed by atoms with van der Waals surface area (Å²) in [5.74, 6) is -1.09. The van der Waals surface area contributed by atoms with Gasteiger partial charge in [-0.15, -0.1) is 0 Å². The Labute approximate surface area is 115 Å². The van der Waals surface area contributed by atoms with Gasteiger partial charge in [0.15, 0.2) is 0 Å². The number of rotatable bonds is 5. The van der Waals surface area contributed by atoms with E-state index in [1.807, 2.05) is 0 Å². The number of carbonyl (C=O) groups is 1. The monoisotopic (exact) mass is 277 g/mol. The molecule has 0 spiro atoms. The first-order valence-electron chi connectivity index (χ1n) is 6.08. The minimum Gasteiger partial charge on any atom is -0.492 e. The van der Waals surface area contributed by atoms with Crippen molar-refractivity contribution >= 4 is 5.91 Å². The highest BCUT2D eigenvalue weighted by molar-refractivity contribution is 5.94. The van der Waals surface area contributed by atoms with Crippen LogP contribution in [0.4, 0.5) is 8.78 Å². The Hall–Kier alpha value is -2.43. The first-order valence-corrected chi connectivity index (χ1v) is 6.08. The molecule has 104 valence electrons. The molecule has 0 aliphatic heterocycles. The number of hydrogen-bond donors (Lipinski definition) is 1. The minimum atomic E-state index is -0.573. The van der Waals surface area contributed by atoms with Gasteiger partial charge in [-0.2, -0.15) is 0 Å². The summed E-state index contributed by atoms with van der Waals surface area (Å²) in [7, 11) is 0. The third-order valence-electron chi connectivity index (χ3n) is 2.57. The zero-order chi connectivity index (χ0) is 14.4. The molecule has 0 saturated heterocycles. The van der Waals surface area contributed by atoms with Gasteiger partial charge in [-0.25, -0.2) is 8.78 Å². The second-order valence-electron chi connectivity index (χ2n) is 4.04. The van der Waals surface area contributed by atoms with Gasteiger partial charge < -0.3 is 10.1 Å². The van der Waals surface area contributed by atoms with E-state index in [1.54, 1.807) is 12.1 Å². The van der Waals surface area contributed by atoms with Crippen LogP contribution in [0.25, 0.3) is 0 Å². The number of benzene rings is 2. The second-order valence-corrected chi connectivity index (χ2v) is 4.04. The van der Waals surface area contributed by atoms with Crippen LogP contribution in [-0.2, 0) is 0 Å². The van der Waals surface area contributed by atoms with Gasteiger partial charge in [-0.05, 0) is 24.3 Å². The fourth-order valence-corrected chi connectivity index (χ4v) is 1.63. The van der Waals surface area contributed by atoms with Gasteiger partial charge in [0.05, 0.1) is 12.1 Å². The number of nitrogens with one attached hydrogen (secondary N) is 1. The average molecular weight is 277 g/mol. The van der Waals surface area contributed by atoms with E-state index in [4.69, 9.17) is 4.74 Å². The molecule has 0 heterocycles. The SMILES string of the molecule is O=C(NCCOc1cccc(F)c1)c1ccccc1F. The van der Waals surface area contributed by atoms with Crippen LogP contribution in [0.15, 0.2) is 48.5 Å². The van der Waals surface area contributed by atoms with Crippen molar-refractivity contribution in [1.29, 1.82) is 0 Å². The molecule has 0 aliphatic carbocycles. The number of amides is 1. The Balaban J connectivity index is 1.79. The van der Waals surface area contributed by atoms with Crippen LogP contribution in [0.5, 0.6) is 5.75 Å². The van der Waals surface area contributed by atoms with E-state index in [2.05, 4.69) is 5.32 Å². The Morgan fingerprint density at radius 1 is 1.10 bits per heavy atom.